The molecule has 1 N–H and O–H groups in total. The van der Waals surface area contributed by atoms with Crippen molar-refractivity contribution in [3.8, 4) is 5.69 Å². The van der Waals surface area contributed by atoms with Gasteiger partial charge in [0.2, 0.25) is 5.91 Å². The molecule has 1 amide bonds. The maximum absolute atomic E-state index is 12.5. The Kier molecular flexibility index (Phi) is 5.16. The van der Waals surface area contributed by atoms with E-state index in [2.05, 4.69) is 21.1 Å². The number of fused-ring (bicyclic) bond motifs is 1. The molecule has 0 saturated heterocycles. The fraction of sp³-hybridized carbons (Fsp3) is 0.190. The Labute approximate surface area is 167 Å². The Hall–Kier alpha value is -3.06. The maximum Gasteiger partial charge on any atom is 0.233 e. The summed E-state index contributed by atoms with van der Waals surface area (Å²) in [4.78, 5) is 22.0. The van der Waals surface area contributed by atoms with Crippen LogP contribution in [0.2, 0.25) is 0 Å². The minimum Gasteiger partial charge on any atom is -0.341 e. The molecule has 4 rings (SSSR count). The van der Waals surface area contributed by atoms with Crippen LogP contribution in [0.1, 0.15) is 11.1 Å². The Balaban J connectivity index is 1.35. The first-order valence-electron chi connectivity index (χ1n) is 9.00. The summed E-state index contributed by atoms with van der Waals surface area (Å²) in [5.41, 5.74) is 5.08. The average molecular weight is 392 g/mol. The number of carbonyl (C=O) groups excluding carboxylic acids is 1. The molecule has 0 aliphatic rings. The van der Waals surface area contributed by atoms with Crippen molar-refractivity contribution in [1.82, 2.24) is 24.6 Å². The molecule has 0 saturated carbocycles. The zero-order valence-corrected chi connectivity index (χ0v) is 16.6. The van der Waals surface area contributed by atoms with Crippen molar-refractivity contribution in [2.45, 2.75) is 18.6 Å². The van der Waals surface area contributed by atoms with Crippen molar-refractivity contribution in [3.05, 3.63) is 72.1 Å². The van der Waals surface area contributed by atoms with Gasteiger partial charge in [-0.25, -0.2) is 9.67 Å². The van der Waals surface area contributed by atoms with E-state index in [1.807, 2.05) is 67.3 Å². The Morgan fingerprint density at radius 1 is 1.21 bits per heavy atom. The monoisotopic (exact) mass is 391 g/mol. The van der Waals surface area contributed by atoms with Crippen molar-refractivity contribution in [3.63, 3.8) is 0 Å². The molecule has 2 aromatic heterocycles. The lowest BCUT2D eigenvalue weighted by Crippen LogP contribution is -2.27. The molecular weight excluding hydrogens is 370 g/mol. The van der Waals surface area contributed by atoms with Crippen molar-refractivity contribution < 1.29 is 4.79 Å². The number of rotatable bonds is 6. The quantitative estimate of drug-likeness (QED) is 0.508. The number of nitrogens with zero attached hydrogens (tertiary/aromatic N) is 4. The van der Waals surface area contributed by atoms with E-state index in [0.29, 0.717) is 12.3 Å². The topological polar surface area (TPSA) is 66.8 Å². The third-order valence-electron chi connectivity index (χ3n) is 4.45. The van der Waals surface area contributed by atoms with Crippen LogP contribution in [0, 0.1) is 6.92 Å². The number of hydrogen-bond donors (Lipinski definition) is 1. The number of H-pyrrole nitrogens is 1. The van der Waals surface area contributed by atoms with Crippen LogP contribution in [0.3, 0.4) is 0 Å². The molecule has 0 aliphatic heterocycles. The van der Waals surface area contributed by atoms with Crippen LogP contribution in [-0.2, 0) is 11.3 Å². The highest BCUT2D eigenvalue weighted by Gasteiger charge is 2.13. The molecule has 7 heteroatoms. The molecule has 142 valence electrons. The fourth-order valence-electron chi connectivity index (χ4n) is 2.93. The van der Waals surface area contributed by atoms with Crippen molar-refractivity contribution in [2.24, 2.45) is 0 Å². The molecule has 0 aliphatic carbocycles. The minimum atomic E-state index is 0.0501. The van der Waals surface area contributed by atoms with E-state index in [9.17, 15) is 4.79 Å². The van der Waals surface area contributed by atoms with E-state index in [1.54, 1.807) is 11.1 Å². The van der Waals surface area contributed by atoms with Gasteiger partial charge in [0.1, 0.15) is 0 Å². The number of thioether (sulfide) groups is 1. The van der Waals surface area contributed by atoms with Crippen LogP contribution in [0.5, 0.6) is 0 Å². The highest BCUT2D eigenvalue weighted by Crippen LogP contribution is 2.21. The first-order valence-corrected chi connectivity index (χ1v) is 9.99. The predicted octanol–water partition coefficient (Wildman–Crippen LogP) is 3.81. The SMILES string of the molecule is Cc1ccc2nc(SCC(=O)N(C)Cc3cnn(-c4ccccc4)c3)[nH]c2c1. The lowest BCUT2D eigenvalue weighted by molar-refractivity contribution is -0.127. The number of aromatic amines is 1. The lowest BCUT2D eigenvalue weighted by Gasteiger charge is -2.15. The first kappa shape index (κ1) is 18.3. The van der Waals surface area contributed by atoms with Gasteiger partial charge in [0.25, 0.3) is 0 Å². The molecular formula is C21H21N5OS. The van der Waals surface area contributed by atoms with Crippen LogP contribution < -0.4 is 0 Å². The van der Waals surface area contributed by atoms with Crippen LogP contribution in [0.25, 0.3) is 16.7 Å². The zero-order valence-electron chi connectivity index (χ0n) is 15.8. The summed E-state index contributed by atoms with van der Waals surface area (Å²) in [6, 6.07) is 16.0. The molecule has 0 fully saturated rings. The highest BCUT2D eigenvalue weighted by molar-refractivity contribution is 7.99. The number of nitrogens with one attached hydrogen (secondary N) is 1. The normalized spacial score (nSPS) is 11.1. The number of amides is 1. The number of imidazole rings is 1. The van der Waals surface area contributed by atoms with Gasteiger partial charge in [-0.15, -0.1) is 0 Å². The molecule has 0 bridgehead atoms. The number of carbonyl (C=O) groups is 1. The highest BCUT2D eigenvalue weighted by atomic mass is 32.2. The van der Waals surface area contributed by atoms with E-state index < -0.39 is 0 Å². The average Bonchev–Trinajstić information content (AvgIpc) is 3.33. The molecule has 2 aromatic carbocycles. The van der Waals surface area contributed by atoms with Crippen molar-refractivity contribution >= 4 is 28.7 Å². The first-order chi connectivity index (χ1) is 13.6. The van der Waals surface area contributed by atoms with Crippen LogP contribution in [-0.4, -0.2) is 43.4 Å². The van der Waals surface area contributed by atoms with Gasteiger partial charge >= 0.3 is 0 Å². The van der Waals surface area contributed by atoms with E-state index in [-0.39, 0.29) is 5.91 Å². The summed E-state index contributed by atoms with van der Waals surface area (Å²) in [6.45, 7) is 2.57. The second-order valence-electron chi connectivity index (χ2n) is 6.73. The molecule has 6 nitrogen and oxygen atoms in total. The summed E-state index contributed by atoms with van der Waals surface area (Å²) >= 11 is 1.42. The summed E-state index contributed by atoms with van der Waals surface area (Å²) < 4.78 is 1.82. The molecule has 28 heavy (non-hydrogen) atoms. The van der Waals surface area contributed by atoms with Gasteiger partial charge in [-0.05, 0) is 36.8 Å². The molecule has 0 spiro atoms. The van der Waals surface area contributed by atoms with Crippen LogP contribution in [0.4, 0.5) is 0 Å². The second kappa shape index (κ2) is 7.90. The van der Waals surface area contributed by atoms with Gasteiger partial charge in [-0.2, -0.15) is 5.10 Å². The number of para-hydroxylation sites is 1. The number of benzene rings is 2. The number of hydrogen-bond acceptors (Lipinski definition) is 4. The van der Waals surface area contributed by atoms with E-state index in [4.69, 9.17) is 0 Å². The van der Waals surface area contributed by atoms with Gasteiger partial charge in [0.05, 0.1) is 28.7 Å². The zero-order chi connectivity index (χ0) is 19.5. The van der Waals surface area contributed by atoms with Crippen LogP contribution >= 0.6 is 11.8 Å². The molecule has 0 unspecified atom stereocenters. The third-order valence-corrected chi connectivity index (χ3v) is 5.31. The summed E-state index contributed by atoms with van der Waals surface area (Å²) in [6.07, 6.45) is 3.75. The third kappa shape index (κ3) is 4.09. The van der Waals surface area contributed by atoms with E-state index in [0.717, 1.165) is 27.4 Å². The summed E-state index contributed by atoms with van der Waals surface area (Å²) in [7, 11) is 1.81. The molecule has 0 atom stereocenters. The van der Waals surface area contributed by atoms with E-state index >= 15 is 0 Å². The van der Waals surface area contributed by atoms with Gasteiger partial charge in [0, 0.05) is 25.4 Å². The number of aromatic nitrogens is 4. The Morgan fingerprint density at radius 2 is 2.04 bits per heavy atom. The second-order valence-corrected chi connectivity index (χ2v) is 7.69. The van der Waals surface area contributed by atoms with Crippen molar-refractivity contribution in [1.29, 1.82) is 0 Å². The standard InChI is InChI=1S/C21H21N5OS/c1-15-8-9-18-19(10-15)24-21(23-18)28-14-20(27)25(2)12-16-11-22-26(13-16)17-6-4-3-5-7-17/h3-11,13H,12,14H2,1-2H3,(H,23,24). The summed E-state index contributed by atoms with van der Waals surface area (Å²) in [5.74, 6) is 0.386. The fourth-order valence-corrected chi connectivity index (χ4v) is 3.76. The molecule has 2 heterocycles. The van der Waals surface area contributed by atoms with Gasteiger partial charge in [0.15, 0.2) is 5.16 Å². The van der Waals surface area contributed by atoms with Crippen molar-refractivity contribution in [2.75, 3.05) is 12.8 Å². The maximum atomic E-state index is 12.5. The Morgan fingerprint density at radius 3 is 2.86 bits per heavy atom. The summed E-state index contributed by atoms with van der Waals surface area (Å²) in [5, 5.41) is 5.15. The Bertz CT molecular complexity index is 1100. The number of aryl methyl sites for hydroxylation is 1. The minimum absolute atomic E-state index is 0.0501. The van der Waals surface area contributed by atoms with Gasteiger partial charge < -0.3 is 9.88 Å². The van der Waals surface area contributed by atoms with Gasteiger partial charge in [-0.3, -0.25) is 4.79 Å². The van der Waals surface area contributed by atoms with E-state index in [1.165, 1.54) is 17.3 Å². The smallest absolute Gasteiger partial charge is 0.233 e. The largest absolute Gasteiger partial charge is 0.341 e. The molecule has 4 aromatic rings. The predicted molar refractivity (Wildman–Crippen MR) is 112 cm³/mol. The van der Waals surface area contributed by atoms with Crippen LogP contribution in [0.15, 0.2) is 66.1 Å². The molecule has 0 radical (unpaired) electrons. The van der Waals surface area contributed by atoms with Gasteiger partial charge in [-0.1, -0.05) is 36.0 Å². The lowest BCUT2D eigenvalue weighted by atomic mass is 10.2.